The number of hydrogen-bond donors (Lipinski definition) is 2. The van der Waals surface area contributed by atoms with Crippen LogP contribution in [0.2, 0.25) is 0 Å². The molecule has 2 amide bonds. The summed E-state index contributed by atoms with van der Waals surface area (Å²) in [5.41, 5.74) is 1.66. The second-order valence-corrected chi connectivity index (χ2v) is 4.27. The highest BCUT2D eigenvalue weighted by molar-refractivity contribution is 5.92. The van der Waals surface area contributed by atoms with Gasteiger partial charge in [-0.05, 0) is 23.8 Å². The fourth-order valence-corrected chi connectivity index (χ4v) is 1.31. The monoisotopic (exact) mass is 246 g/mol. The van der Waals surface area contributed by atoms with Gasteiger partial charge in [-0.25, -0.2) is 0 Å². The summed E-state index contributed by atoms with van der Waals surface area (Å²) in [6, 6.07) is 7.38. The molecule has 0 radical (unpaired) electrons. The maximum Gasteiger partial charge on any atom is 0.243 e. The predicted molar refractivity (Wildman–Crippen MR) is 72.0 cm³/mol. The van der Waals surface area contributed by atoms with Crippen molar-refractivity contribution in [3.63, 3.8) is 0 Å². The van der Waals surface area contributed by atoms with E-state index in [2.05, 4.69) is 17.2 Å². The topological polar surface area (TPSA) is 58.2 Å². The maximum absolute atomic E-state index is 11.5. The molecule has 0 aliphatic heterocycles. The molecule has 1 aromatic rings. The summed E-state index contributed by atoms with van der Waals surface area (Å²) in [5.74, 6) is -0.303. The number of hydrogen-bond acceptors (Lipinski definition) is 2. The third kappa shape index (κ3) is 4.41. The van der Waals surface area contributed by atoms with E-state index in [4.69, 9.17) is 0 Å². The van der Waals surface area contributed by atoms with Gasteiger partial charge in [0.05, 0.1) is 0 Å². The van der Waals surface area contributed by atoms with E-state index in [9.17, 15) is 9.59 Å². The Kier molecular flexibility index (Phi) is 5.11. The van der Waals surface area contributed by atoms with Gasteiger partial charge in [0.25, 0.3) is 0 Å². The molecule has 18 heavy (non-hydrogen) atoms. The van der Waals surface area contributed by atoms with Crippen molar-refractivity contribution >= 4 is 17.5 Å². The normalized spacial score (nSPS) is 9.94. The van der Waals surface area contributed by atoms with E-state index in [0.29, 0.717) is 6.54 Å². The molecule has 96 valence electrons. The fourth-order valence-electron chi connectivity index (χ4n) is 1.31. The van der Waals surface area contributed by atoms with Gasteiger partial charge in [0.1, 0.15) is 0 Å². The number of rotatable bonds is 5. The molecule has 0 fully saturated rings. The lowest BCUT2D eigenvalue weighted by Gasteiger charge is -2.09. The second-order valence-electron chi connectivity index (χ2n) is 4.27. The minimum absolute atomic E-state index is 0.0257. The highest BCUT2D eigenvalue weighted by Gasteiger charge is 2.07. The van der Waals surface area contributed by atoms with Gasteiger partial charge < -0.3 is 10.6 Å². The summed E-state index contributed by atoms with van der Waals surface area (Å²) >= 11 is 0. The van der Waals surface area contributed by atoms with Crippen molar-refractivity contribution in [2.24, 2.45) is 5.92 Å². The Morgan fingerprint density at radius 1 is 1.39 bits per heavy atom. The summed E-state index contributed by atoms with van der Waals surface area (Å²) in [4.78, 5) is 22.6. The molecule has 4 nitrogen and oxygen atoms in total. The zero-order valence-electron chi connectivity index (χ0n) is 10.7. The van der Waals surface area contributed by atoms with Crippen LogP contribution in [0.25, 0.3) is 0 Å². The molecule has 2 N–H and O–H groups in total. The maximum atomic E-state index is 11.5. The number of anilines is 1. The van der Waals surface area contributed by atoms with E-state index < -0.39 is 0 Å². The standard InChI is InChI=1S/C14H18N2O2/c1-4-13(17)15-9-11-6-5-7-12(8-11)16-14(18)10(2)3/h4-8,10H,1,9H2,2-3H3,(H,15,17)(H,16,18). The van der Waals surface area contributed by atoms with E-state index >= 15 is 0 Å². The van der Waals surface area contributed by atoms with Crippen molar-refractivity contribution in [2.75, 3.05) is 5.32 Å². The average molecular weight is 246 g/mol. The van der Waals surface area contributed by atoms with Crippen molar-refractivity contribution < 1.29 is 9.59 Å². The molecule has 1 aromatic carbocycles. The lowest BCUT2D eigenvalue weighted by atomic mass is 10.1. The van der Waals surface area contributed by atoms with Gasteiger partial charge in [0, 0.05) is 18.2 Å². The molecule has 0 unspecified atom stereocenters. The van der Waals surface area contributed by atoms with Crippen LogP contribution in [0.4, 0.5) is 5.69 Å². The first-order valence-electron chi connectivity index (χ1n) is 5.83. The predicted octanol–water partition coefficient (Wildman–Crippen LogP) is 2.08. The molecule has 0 bridgehead atoms. The van der Waals surface area contributed by atoms with Crippen molar-refractivity contribution in [2.45, 2.75) is 20.4 Å². The Morgan fingerprint density at radius 3 is 2.72 bits per heavy atom. The molecule has 0 saturated carbocycles. The Bertz CT molecular complexity index is 453. The zero-order valence-corrected chi connectivity index (χ0v) is 10.7. The van der Waals surface area contributed by atoms with Gasteiger partial charge in [-0.2, -0.15) is 0 Å². The Morgan fingerprint density at radius 2 is 2.11 bits per heavy atom. The largest absolute Gasteiger partial charge is 0.348 e. The molecule has 0 heterocycles. The molecule has 0 aliphatic rings. The van der Waals surface area contributed by atoms with E-state index in [1.165, 1.54) is 6.08 Å². The van der Waals surface area contributed by atoms with E-state index in [-0.39, 0.29) is 17.7 Å². The van der Waals surface area contributed by atoms with Crippen molar-refractivity contribution in [1.29, 1.82) is 0 Å². The number of benzene rings is 1. The first-order valence-corrected chi connectivity index (χ1v) is 5.83. The number of carbonyl (C=O) groups excluding carboxylic acids is 2. The summed E-state index contributed by atoms with van der Waals surface area (Å²) in [7, 11) is 0. The van der Waals surface area contributed by atoms with Crippen LogP contribution in [-0.4, -0.2) is 11.8 Å². The number of amides is 2. The van der Waals surface area contributed by atoms with Crippen LogP contribution in [0.3, 0.4) is 0 Å². The first kappa shape index (κ1) is 14.0. The van der Waals surface area contributed by atoms with Crippen LogP contribution in [0.15, 0.2) is 36.9 Å². The van der Waals surface area contributed by atoms with Crippen LogP contribution < -0.4 is 10.6 Å². The summed E-state index contributed by atoms with van der Waals surface area (Å²) in [6.07, 6.45) is 1.23. The van der Waals surface area contributed by atoms with Crippen molar-refractivity contribution in [1.82, 2.24) is 5.32 Å². The zero-order chi connectivity index (χ0) is 13.5. The molecule has 1 rings (SSSR count). The first-order chi connectivity index (χ1) is 8.52. The van der Waals surface area contributed by atoms with Crippen LogP contribution in [0.1, 0.15) is 19.4 Å². The number of nitrogens with one attached hydrogen (secondary N) is 2. The molecular weight excluding hydrogens is 228 g/mol. The van der Waals surface area contributed by atoms with Crippen LogP contribution in [-0.2, 0) is 16.1 Å². The minimum Gasteiger partial charge on any atom is -0.348 e. The second kappa shape index (κ2) is 6.59. The smallest absolute Gasteiger partial charge is 0.243 e. The molecule has 0 aromatic heterocycles. The SMILES string of the molecule is C=CC(=O)NCc1cccc(NC(=O)C(C)C)c1. The van der Waals surface area contributed by atoms with E-state index in [1.807, 2.05) is 38.1 Å². The Labute approximate surface area is 107 Å². The molecular formula is C14H18N2O2. The Hall–Kier alpha value is -2.10. The molecule has 0 spiro atoms. The minimum atomic E-state index is -0.216. The Balaban J connectivity index is 2.64. The van der Waals surface area contributed by atoms with Gasteiger partial charge in [-0.15, -0.1) is 0 Å². The van der Waals surface area contributed by atoms with Gasteiger partial charge in [0.15, 0.2) is 0 Å². The van der Waals surface area contributed by atoms with E-state index in [1.54, 1.807) is 0 Å². The van der Waals surface area contributed by atoms with Gasteiger partial charge in [-0.1, -0.05) is 32.6 Å². The van der Waals surface area contributed by atoms with Crippen LogP contribution >= 0.6 is 0 Å². The third-order valence-electron chi connectivity index (χ3n) is 2.37. The van der Waals surface area contributed by atoms with E-state index in [0.717, 1.165) is 11.3 Å². The van der Waals surface area contributed by atoms with Gasteiger partial charge in [-0.3, -0.25) is 9.59 Å². The summed E-state index contributed by atoms with van der Waals surface area (Å²) in [5, 5.41) is 5.49. The molecule has 0 aliphatic carbocycles. The molecule has 0 atom stereocenters. The average Bonchev–Trinajstić information content (AvgIpc) is 2.36. The van der Waals surface area contributed by atoms with Crippen molar-refractivity contribution in [3.05, 3.63) is 42.5 Å². The van der Waals surface area contributed by atoms with Gasteiger partial charge in [0.2, 0.25) is 11.8 Å². The number of carbonyl (C=O) groups is 2. The molecule has 4 heteroatoms. The highest BCUT2D eigenvalue weighted by Crippen LogP contribution is 2.11. The van der Waals surface area contributed by atoms with Gasteiger partial charge >= 0.3 is 0 Å². The third-order valence-corrected chi connectivity index (χ3v) is 2.37. The summed E-state index contributed by atoms with van der Waals surface area (Å²) < 4.78 is 0. The van der Waals surface area contributed by atoms with Crippen LogP contribution in [0, 0.1) is 5.92 Å². The lowest BCUT2D eigenvalue weighted by Crippen LogP contribution is -2.20. The van der Waals surface area contributed by atoms with Crippen molar-refractivity contribution in [3.8, 4) is 0 Å². The van der Waals surface area contributed by atoms with Crippen LogP contribution in [0.5, 0.6) is 0 Å². The highest BCUT2D eigenvalue weighted by atomic mass is 16.2. The molecule has 0 saturated heterocycles. The quantitative estimate of drug-likeness (QED) is 0.781. The lowest BCUT2D eigenvalue weighted by molar-refractivity contribution is -0.119. The summed E-state index contributed by atoms with van der Waals surface area (Å²) in [6.45, 7) is 7.47. The fraction of sp³-hybridized carbons (Fsp3) is 0.286.